The number of nitro groups is 1. The number of rotatable bonds is 2. The summed E-state index contributed by atoms with van der Waals surface area (Å²) in [5.74, 6) is 0. The molecule has 48 valence electrons. The molecule has 0 aromatic heterocycles. The minimum atomic E-state index is -0.712. The summed E-state index contributed by atoms with van der Waals surface area (Å²) in [4.78, 5) is 9.11. The van der Waals surface area contributed by atoms with Crippen LogP contribution in [0.5, 0.6) is 0 Å². The van der Waals surface area contributed by atoms with E-state index in [1.54, 1.807) is 6.26 Å². The monoisotopic (exact) mass is 144 g/mol. The van der Waals surface area contributed by atoms with Crippen molar-refractivity contribution in [3.05, 3.63) is 21.2 Å². The molecule has 0 saturated carbocycles. The van der Waals surface area contributed by atoms with Gasteiger partial charge in [-0.3, -0.25) is 10.1 Å². The van der Waals surface area contributed by atoms with Crippen LogP contribution in [0.3, 0.4) is 0 Å². The summed E-state index contributed by atoms with van der Waals surface area (Å²) < 4.78 is 0. The largest absolute Gasteiger partial charge is 0.351 e. The first-order valence-corrected chi connectivity index (χ1v) is 3.28. The van der Waals surface area contributed by atoms with Gasteiger partial charge < -0.3 is 0 Å². The van der Waals surface area contributed by atoms with E-state index in [0.717, 1.165) is 11.8 Å². The van der Waals surface area contributed by atoms with Crippen molar-refractivity contribution < 1.29 is 4.92 Å². The third-order valence-corrected chi connectivity index (χ3v) is 1.000. The molecular formula is C4H4N2O2S. The highest BCUT2D eigenvalue weighted by Crippen LogP contribution is 2.01. The predicted octanol–water partition coefficient (Wildman–Crippen LogP) is 0.991. The molecule has 9 heavy (non-hydrogen) atoms. The van der Waals surface area contributed by atoms with E-state index in [1.807, 2.05) is 0 Å². The van der Waals surface area contributed by atoms with E-state index in [2.05, 4.69) is 0 Å². The molecule has 0 aliphatic rings. The van der Waals surface area contributed by atoms with Gasteiger partial charge in [-0.1, -0.05) is 0 Å². The van der Waals surface area contributed by atoms with Gasteiger partial charge in [-0.25, -0.2) is 0 Å². The molecule has 0 rings (SSSR count). The van der Waals surface area contributed by atoms with Crippen LogP contribution < -0.4 is 0 Å². The van der Waals surface area contributed by atoms with E-state index in [0.29, 0.717) is 0 Å². The molecule has 4 nitrogen and oxygen atoms in total. The Bertz CT molecular complexity index is 181. The molecule has 0 unspecified atom stereocenters. The first kappa shape index (κ1) is 7.98. The molecule has 0 saturated heterocycles. The van der Waals surface area contributed by atoms with Crippen LogP contribution in [-0.4, -0.2) is 11.2 Å². The van der Waals surface area contributed by atoms with Gasteiger partial charge in [0.05, 0.1) is 10.3 Å². The number of hydrogen-bond acceptors (Lipinski definition) is 4. The molecule has 0 atom stereocenters. The van der Waals surface area contributed by atoms with E-state index in [4.69, 9.17) is 5.26 Å². The van der Waals surface area contributed by atoms with Gasteiger partial charge in [0.25, 0.3) is 0 Å². The normalized spacial score (nSPS) is 10.4. The minimum absolute atomic E-state index is 0.414. The molecule has 0 aromatic carbocycles. The van der Waals surface area contributed by atoms with Crippen LogP contribution in [0.1, 0.15) is 0 Å². The Morgan fingerprint density at radius 2 is 2.56 bits per heavy atom. The van der Waals surface area contributed by atoms with Crippen molar-refractivity contribution in [2.45, 2.75) is 0 Å². The number of nitrogens with zero attached hydrogens (tertiary/aromatic N) is 2. The fraction of sp³-hybridized carbons (Fsp3) is 0.250. The number of allylic oxidation sites excluding steroid dienone is 1. The van der Waals surface area contributed by atoms with Crippen molar-refractivity contribution in [2.24, 2.45) is 0 Å². The van der Waals surface area contributed by atoms with Crippen LogP contribution in [-0.2, 0) is 0 Å². The van der Waals surface area contributed by atoms with Crippen LogP contribution in [0.4, 0.5) is 0 Å². The van der Waals surface area contributed by atoms with Crippen LogP contribution in [0.15, 0.2) is 11.1 Å². The SMILES string of the molecule is CSC=C(C#N)[N+](=O)[O-]. The van der Waals surface area contributed by atoms with Crippen molar-refractivity contribution in [1.82, 2.24) is 0 Å². The van der Waals surface area contributed by atoms with Crippen molar-refractivity contribution in [1.29, 1.82) is 5.26 Å². The summed E-state index contributed by atoms with van der Waals surface area (Å²) in [7, 11) is 0. The summed E-state index contributed by atoms with van der Waals surface area (Å²) in [5.41, 5.74) is -0.414. The summed E-state index contributed by atoms with van der Waals surface area (Å²) in [5, 5.41) is 19.1. The molecule has 0 aromatic rings. The van der Waals surface area contributed by atoms with Gasteiger partial charge in [-0.2, -0.15) is 5.26 Å². The van der Waals surface area contributed by atoms with Crippen LogP contribution in [0, 0.1) is 21.4 Å². The smallest absolute Gasteiger partial charge is 0.258 e. The lowest BCUT2D eigenvalue weighted by molar-refractivity contribution is -0.417. The molecule has 5 heteroatoms. The maximum Gasteiger partial charge on any atom is 0.351 e. The van der Waals surface area contributed by atoms with Crippen LogP contribution >= 0.6 is 11.8 Å². The number of nitriles is 1. The maximum atomic E-state index is 9.82. The molecule has 0 bridgehead atoms. The molecule has 0 aliphatic heterocycles. The Labute approximate surface area is 56.3 Å². The number of thioether (sulfide) groups is 1. The quantitative estimate of drug-likeness (QED) is 0.329. The first-order chi connectivity index (χ1) is 4.22. The van der Waals surface area contributed by atoms with Crippen molar-refractivity contribution in [3.8, 4) is 6.07 Å². The third kappa shape index (κ3) is 2.72. The van der Waals surface area contributed by atoms with E-state index >= 15 is 0 Å². The van der Waals surface area contributed by atoms with Crippen LogP contribution in [0.25, 0.3) is 0 Å². The second kappa shape index (κ2) is 3.92. The number of hydrogen-bond donors (Lipinski definition) is 0. The lowest BCUT2D eigenvalue weighted by Crippen LogP contribution is -1.93. The molecule has 0 heterocycles. The van der Waals surface area contributed by atoms with Crippen molar-refractivity contribution in [3.63, 3.8) is 0 Å². The Morgan fingerprint density at radius 3 is 2.67 bits per heavy atom. The molecular weight excluding hydrogens is 140 g/mol. The molecule has 0 fully saturated rings. The fourth-order valence-corrected chi connectivity index (χ4v) is 0.584. The lowest BCUT2D eigenvalue weighted by Gasteiger charge is -1.81. The molecule has 0 aliphatic carbocycles. The second-order valence-electron chi connectivity index (χ2n) is 1.11. The molecule has 0 spiro atoms. The standard InChI is InChI=1S/C4H4N2O2S/c1-9-3-4(2-5)6(7)8/h3H,1H3. The van der Waals surface area contributed by atoms with Gasteiger partial charge in [0.1, 0.15) is 0 Å². The third-order valence-electron chi connectivity index (χ3n) is 0.541. The van der Waals surface area contributed by atoms with E-state index in [1.165, 1.54) is 11.5 Å². The average molecular weight is 144 g/mol. The minimum Gasteiger partial charge on any atom is -0.258 e. The second-order valence-corrected chi connectivity index (χ2v) is 1.81. The summed E-state index contributed by atoms with van der Waals surface area (Å²) >= 11 is 1.14. The first-order valence-electron chi connectivity index (χ1n) is 1.99. The zero-order valence-electron chi connectivity index (χ0n) is 4.70. The zero-order valence-corrected chi connectivity index (χ0v) is 5.51. The van der Waals surface area contributed by atoms with Gasteiger partial charge in [-0.05, 0) is 6.26 Å². The van der Waals surface area contributed by atoms with E-state index in [-0.39, 0.29) is 0 Å². The molecule has 0 N–H and O–H groups in total. The fourth-order valence-electron chi connectivity index (χ4n) is 0.222. The van der Waals surface area contributed by atoms with Crippen molar-refractivity contribution >= 4 is 11.8 Å². The predicted molar refractivity (Wildman–Crippen MR) is 34.2 cm³/mol. The molecule has 0 amide bonds. The summed E-state index contributed by atoms with van der Waals surface area (Å²) in [6, 6.07) is 1.44. The van der Waals surface area contributed by atoms with Gasteiger partial charge in [0.2, 0.25) is 0 Å². The highest BCUT2D eigenvalue weighted by Gasteiger charge is 2.05. The Balaban J connectivity index is 4.20. The van der Waals surface area contributed by atoms with E-state index in [9.17, 15) is 10.1 Å². The zero-order chi connectivity index (χ0) is 7.28. The van der Waals surface area contributed by atoms with Gasteiger partial charge in [0, 0.05) is 0 Å². The van der Waals surface area contributed by atoms with Gasteiger partial charge >= 0.3 is 5.70 Å². The highest BCUT2D eigenvalue weighted by atomic mass is 32.2. The Hall–Kier alpha value is -1.02. The highest BCUT2D eigenvalue weighted by molar-refractivity contribution is 8.01. The summed E-state index contributed by atoms with van der Waals surface area (Å²) in [6.07, 6.45) is 1.65. The van der Waals surface area contributed by atoms with Gasteiger partial charge in [0.15, 0.2) is 6.07 Å². The van der Waals surface area contributed by atoms with Crippen LogP contribution in [0.2, 0.25) is 0 Å². The lowest BCUT2D eigenvalue weighted by atomic mass is 10.6. The van der Waals surface area contributed by atoms with E-state index < -0.39 is 10.6 Å². The van der Waals surface area contributed by atoms with Crippen molar-refractivity contribution in [2.75, 3.05) is 6.26 Å². The maximum absolute atomic E-state index is 9.82. The summed E-state index contributed by atoms with van der Waals surface area (Å²) in [6.45, 7) is 0. The molecule has 0 radical (unpaired) electrons. The van der Waals surface area contributed by atoms with Gasteiger partial charge in [-0.15, -0.1) is 11.8 Å². The Morgan fingerprint density at radius 1 is 2.00 bits per heavy atom. The topological polar surface area (TPSA) is 66.9 Å². The Kier molecular flexibility index (Phi) is 3.48. The average Bonchev–Trinajstić information content (AvgIpc) is 1.82.